The third-order valence-electron chi connectivity index (χ3n) is 3.24. The summed E-state index contributed by atoms with van der Waals surface area (Å²) in [6, 6.07) is 10.6. The van der Waals surface area contributed by atoms with Crippen LogP contribution in [-0.4, -0.2) is 22.7 Å². The van der Waals surface area contributed by atoms with E-state index in [9.17, 15) is 21.6 Å². The van der Waals surface area contributed by atoms with Crippen LogP contribution in [0.1, 0.15) is 22.8 Å². The van der Waals surface area contributed by atoms with Gasteiger partial charge < -0.3 is 0 Å². The molecule has 9 heteroatoms. The van der Waals surface area contributed by atoms with Gasteiger partial charge in [0.25, 0.3) is 15.9 Å². The third-order valence-corrected chi connectivity index (χ3v) is 5.73. The van der Waals surface area contributed by atoms with Crippen molar-refractivity contribution in [2.45, 2.75) is 16.7 Å². The number of benzene rings is 2. The number of primary sulfonamides is 1. The van der Waals surface area contributed by atoms with Crippen LogP contribution in [0.25, 0.3) is 0 Å². The van der Waals surface area contributed by atoms with Gasteiger partial charge in [0.1, 0.15) is 9.79 Å². The van der Waals surface area contributed by atoms with Crippen molar-refractivity contribution in [2.75, 3.05) is 0 Å². The van der Waals surface area contributed by atoms with E-state index in [0.717, 1.165) is 12.1 Å². The molecule has 0 spiro atoms. The van der Waals surface area contributed by atoms with E-state index in [2.05, 4.69) is 18.4 Å². The summed E-state index contributed by atoms with van der Waals surface area (Å²) in [7, 11) is -8.74. The molecule has 0 aliphatic heterocycles. The largest absolute Gasteiger partial charge is 0.268 e. The number of amides is 1. The second kappa shape index (κ2) is 7.75. The molecule has 0 heterocycles. The minimum Gasteiger partial charge on any atom is -0.268 e. The number of hydrogen-bond donors (Lipinski definition) is 2. The molecule has 0 aliphatic rings. The fourth-order valence-electron chi connectivity index (χ4n) is 2.03. The quantitative estimate of drug-likeness (QED) is 0.745. The van der Waals surface area contributed by atoms with Crippen molar-refractivity contribution in [2.24, 2.45) is 5.14 Å². The van der Waals surface area contributed by atoms with Crippen LogP contribution >= 0.6 is 0 Å². The number of rotatable bonds is 4. The topological polar surface area (TPSA) is 123 Å². The average Bonchev–Trinajstić information content (AvgIpc) is 2.59. The Labute approximate surface area is 158 Å². The van der Waals surface area contributed by atoms with Crippen molar-refractivity contribution in [3.63, 3.8) is 0 Å². The number of hydrogen-bond acceptors (Lipinski definition) is 5. The molecule has 7 nitrogen and oxygen atoms in total. The first kappa shape index (κ1) is 20.4. The van der Waals surface area contributed by atoms with Crippen LogP contribution in [0.3, 0.4) is 0 Å². The number of nitrogens with two attached hydrogens (primary N) is 1. The van der Waals surface area contributed by atoms with E-state index >= 15 is 0 Å². The fourth-order valence-corrected chi connectivity index (χ4v) is 4.38. The van der Waals surface area contributed by atoms with E-state index in [4.69, 9.17) is 5.14 Å². The minimum absolute atomic E-state index is 0.0625. The van der Waals surface area contributed by atoms with Gasteiger partial charge in [-0.2, -0.15) is 0 Å². The van der Waals surface area contributed by atoms with Crippen LogP contribution in [0.5, 0.6) is 0 Å². The smallest absolute Gasteiger partial charge is 0.265 e. The molecule has 0 aromatic heterocycles. The lowest BCUT2D eigenvalue weighted by atomic mass is 10.1. The number of carbonyl (C=O) groups is 1. The van der Waals surface area contributed by atoms with Gasteiger partial charge in [0.15, 0.2) is 0 Å². The number of nitrogens with one attached hydrogen (secondary N) is 1. The van der Waals surface area contributed by atoms with Gasteiger partial charge in [-0.3, -0.25) is 4.79 Å². The lowest BCUT2D eigenvalue weighted by Gasteiger charge is -2.10. The molecule has 0 saturated carbocycles. The van der Waals surface area contributed by atoms with Gasteiger partial charge in [-0.1, -0.05) is 30.6 Å². The van der Waals surface area contributed by atoms with Crippen LogP contribution < -0.4 is 9.86 Å². The van der Waals surface area contributed by atoms with Crippen molar-refractivity contribution < 1.29 is 21.6 Å². The molecule has 0 atom stereocenters. The van der Waals surface area contributed by atoms with Crippen LogP contribution in [0.4, 0.5) is 0 Å². The van der Waals surface area contributed by atoms with Crippen molar-refractivity contribution in [1.82, 2.24) is 4.72 Å². The Morgan fingerprint density at radius 1 is 1.00 bits per heavy atom. The van der Waals surface area contributed by atoms with Gasteiger partial charge in [0.05, 0.1) is 0 Å². The summed E-state index contributed by atoms with van der Waals surface area (Å²) in [6.07, 6.45) is 0. The van der Waals surface area contributed by atoms with E-state index in [0.29, 0.717) is 11.1 Å². The van der Waals surface area contributed by atoms with Crippen molar-refractivity contribution >= 4 is 26.0 Å². The first-order chi connectivity index (χ1) is 12.5. The van der Waals surface area contributed by atoms with Gasteiger partial charge in [-0.05, 0) is 48.9 Å². The maximum Gasteiger partial charge on any atom is 0.265 e. The summed E-state index contributed by atoms with van der Waals surface area (Å²) < 4.78 is 49.9. The second-order valence-corrected chi connectivity index (χ2v) is 8.71. The third kappa shape index (κ3) is 5.27. The van der Waals surface area contributed by atoms with Crippen molar-refractivity contribution in [1.29, 1.82) is 0 Å². The Kier molecular flexibility index (Phi) is 5.85. The number of carbonyl (C=O) groups excluding carboxylic acids is 1. The van der Waals surface area contributed by atoms with Gasteiger partial charge in [0.2, 0.25) is 10.0 Å². The molecule has 0 bridgehead atoms. The molecule has 2 aromatic carbocycles. The molecular formula is C18H16N2O5S2. The summed E-state index contributed by atoms with van der Waals surface area (Å²) in [5, 5.41) is 5.04. The summed E-state index contributed by atoms with van der Waals surface area (Å²) in [4.78, 5) is 11.0. The van der Waals surface area contributed by atoms with Gasteiger partial charge in [-0.25, -0.2) is 26.7 Å². The van der Waals surface area contributed by atoms with E-state index in [1.54, 1.807) is 19.1 Å². The molecule has 0 radical (unpaired) electrons. The van der Waals surface area contributed by atoms with Crippen LogP contribution in [0.2, 0.25) is 0 Å². The van der Waals surface area contributed by atoms with E-state index < -0.39 is 35.7 Å². The van der Waals surface area contributed by atoms with Gasteiger partial charge in [-0.15, -0.1) is 0 Å². The highest BCUT2D eigenvalue weighted by molar-refractivity contribution is 7.92. The summed E-state index contributed by atoms with van der Waals surface area (Å²) in [5.74, 6) is 4.69. The van der Waals surface area contributed by atoms with Crippen LogP contribution in [-0.2, 0) is 20.0 Å². The Bertz CT molecular complexity index is 1170. The molecule has 3 N–H and O–H groups in total. The molecule has 0 unspecified atom stereocenters. The first-order valence-electron chi connectivity index (χ1n) is 7.47. The monoisotopic (exact) mass is 404 g/mol. The first-order valence-corrected chi connectivity index (χ1v) is 10.5. The molecule has 0 saturated heterocycles. The predicted molar refractivity (Wildman–Crippen MR) is 101 cm³/mol. The second-order valence-electron chi connectivity index (χ2n) is 5.53. The zero-order valence-corrected chi connectivity index (χ0v) is 15.9. The Balaban J connectivity index is 2.31. The van der Waals surface area contributed by atoms with Crippen molar-refractivity contribution in [3.05, 3.63) is 71.8 Å². The minimum atomic E-state index is -4.45. The highest BCUT2D eigenvalue weighted by Gasteiger charge is 2.26. The van der Waals surface area contributed by atoms with Gasteiger partial charge in [0, 0.05) is 11.1 Å². The summed E-state index contributed by atoms with van der Waals surface area (Å²) >= 11 is 0. The predicted octanol–water partition coefficient (Wildman–Crippen LogP) is 1.38. The highest BCUT2D eigenvalue weighted by Crippen LogP contribution is 2.19. The molecule has 140 valence electrons. The van der Waals surface area contributed by atoms with Gasteiger partial charge >= 0.3 is 0 Å². The highest BCUT2D eigenvalue weighted by atomic mass is 32.2. The molecular weight excluding hydrogens is 388 g/mol. The van der Waals surface area contributed by atoms with E-state index in [1.807, 2.05) is 4.72 Å². The maximum absolute atomic E-state index is 12.4. The zero-order chi connectivity index (χ0) is 20.2. The molecule has 27 heavy (non-hydrogen) atoms. The Morgan fingerprint density at radius 2 is 1.56 bits per heavy atom. The standard InChI is InChI=1S/C18H16N2O5S2/c1-13(2)7-8-14-9-11-15(12-10-14)18(21)20-27(24,25)17-6-4-3-5-16(17)26(19,22)23/h3-6,9-12H,1H2,2H3,(H,20,21)(H2,19,22,23). The summed E-state index contributed by atoms with van der Waals surface area (Å²) in [6.45, 7) is 5.40. The lowest BCUT2D eigenvalue weighted by Crippen LogP contribution is -2.32. The van der Waals surface area contributed by atoms with Crippen LogP contribution in [0, 0.1) is 11.8 Å². The molecule has 0 aliphatic carbocycles. The lowest BCUT2D eigenvalue weighted by molar-refractivity contribution is 0.0981. The van der Waals surface area contributed by atoms with Crippen LogP contribution in [0.15, 0.2) is 70.5 Å². The van der Waals surface area contributed by atoms with E-state index in [-0.39, 0.29) is 5.56 Å². The number of sulfonamides is 2. The van der Waals surface area contributed by atoms with E-state index in [1.165, 1.54) is 24.3 Å². The molecule has 1 amide bonds. The molecule has 2 aromatic rings. The normalized spacial score (nSPS) is 11.2. The Morgan fingerprint density at radius 3 is 2.07 bits per heavy atom. The SMILES string of the molecule is C=C(C)C#Cc1ccc(C(=O)NS(=O)(=O)c2ccccc2S(N)(=O)=O)cc1. The molecule has 2 rings (SSSR count). The summed E-state index contributed by atoms with van der Waals surface area (Å²) in [5.41, 5.74) is 1.36. The maximum atomic E-state index is 12.4. The Hall–Kier alpha value is -2.93. The van der Waals surface area contributed by atoms with Crippen molar-refractivity contribution in [3.8, 4) is 11.8 Å². The molecule has 0 fully saturated rings. The average molecular weight is 404 g/mol. The zero-order valence-electron chi connectivity index (χ0n) is 14.3. The fraction of sp³-hybridized carbons (Fsp3) is 0.0556. The number of allylic oxidation sites excluding steroid dienone is 1.